The van der Waals surface area contributed by atoms with E-state index in [2.05, 4.69) is 4.99 Å². The molecule has 10 heteroatoms. The van der Waals surface area contributed by atoms with E-state index >= 15 is 0 Å². The van der Waals surface area contributed by atoms with Gasteiger partial charge in [0.15, 0.2) is 6.73 Å². The van der Waals surface area contributed by atoms with Gasteiger partial charge in [-0.15, -0.1) is 0 Å². The van der Waals surface area contributed by atoms with Crippen molar-refractivity contribution in [1.29, 1.82) is 0 Å². The Hall–Kier alpha value is -3.95. The van der Waals surface area contributed by atoms with E-state index in [9.17, 15) is 19.2 Å². The molecule has 0 aliphatic carbocycles. The third kappa shape index (κ3) is 9.39. The second-order valence-electron chi connectivity index (χ2n) is 5.94. The maximum atomic E-state index is 12.1. The highest BCUT2D eigenvalue weighted by molar-refractivity contribution is 5.94. The van der Waals surface area contributed by atoms with E-state index in [0.717, 1.165) is 0 Å². The first-order valence-corrected chi connectivity index (χ1v) is 9.04. The van der Waals surface area contributed by atoms with Crippen LogP contribution in [0.3, 0.4) is 0 Å². The number of carbonyl (C=O) groups is 4. The summed E-state index contributed by atoms with van der Waals surface area (Å²) in [7, 11) is 3.09. The molecule has 0 aromatic heterocycles. The fourth-order valence-corrected chi connectivity index (χ4v) is 1.93. The SMILES string of the molecule is C/C=C(\C=C/C=NCOC(=O)N(C)C)C(=O)OCOC(=O)c1ccccc1OC(C)=O. The van der Waals surface area contributed by atoms with Gasteiger partial charge in [0.05, 0.1) is 5.57 Å². The van der Waals surface area contributed by atoms with Crippen LogP contribution >= 0.6 is 0 Å². The molecule has 0 radical (unpaired) electrons. The molecule has 0 N–H and O–H groups in total. The highest BCUT2D eigenvalue weighted by Gasteiger charge is 2.16. The maximum Gasteiger partial charge on any atom is 0.411 e. The molecule has 1 aromatic rings. The van der Waals surface area contributed by atoms with Gasteiger partial charge >= 0.3 is 24.0 Å². The summed E-state index contributed by atoms with van der Waals surface area (Å²) in [4.78, 5) is 51.6. The predicted octanol–water partition coefficient (Wildman–Crippen LogP) is 2.50. The standard InChI is InChI=1S/C21H24N2O8/c1-5-16(9-8-12-22-13-28-21(27)23(3)4)19(25)29-14-30-20(26)17-10-6-7-11-18(17)31-15(2)24/h5-12H,13-14H2,1-4H3/b9-8-,16-5+,22-12?. The van der Waals surface area contributed by atoms with Crippen molar-refractivity contribution in [2.24, 2.45) is 4.99 Å². The lowest BCUT2D eigenvalue weighted by Crippen LogP contribution is -2.22. The van der Waals surface area contributed by atoms with Crippen molar-refractivity contribution < 1.29 is 38.1 Å². The average molecular weight is 432 g/mol. The van der Waals surface area contributed by atoms with Crippen molar-refractivity contribution in [2.75, 3.05) is 27.6 Å². The van der Waals surface area contributed by atoms with Crippen LogP contribution in [0.4, 0.5) is 4.79 Å². The second-order valence-corrected chi connectivity index (χ2v) is 5.94. The van der Waals surface area contributed by atoms with E-state index in [1.54, 1.807) is 33.2 Å². The van der Waals surface area contributed by atoms with Crippen LogP contribution in [-0.2, 0) is 23.8 Å². The molecule has 1 rings (SSSR count). The Morgan fingerprint density at radius 1 is 1.06 bits per heavy atom. The number of allylic oxidation sites excluding steroid dienone is 2. The van der Waals surface area contributed by atoms with Gasteiger partial charge < -0.3 is 23.8 Å². The minimum Gasteiger partial charge on any atom is -0.426 e. The van der Waals surface area contributed by atoms with Crippen molar-refractivity contribution in [3.8, 4) is 5.75 Å². The first-order valence-electron chi connectivity index (χ1n) is 9.04. The van der Waals surface area contributed by atoms with Crippen LogP contribution in [0, 0.1) is 0 Å². The quantitative estimate of drug-likeness (QED) is 0.146. The summed E-state index contributed by atoms with van der Waals surface area (Å²) < 4.78 is 19.6. The van der Waals surface area contributed by atoms with Crippen LogP contribution in [0.15, 0.2) is 53.1 Å². The van der Waals surface area contributed by atoms with Crippen LogP contribution in [-0.4, -0.2) is 62.7 Å². The van der Waals surface area contributed by atoms with E-state index in [4.69, 9.17) is 18.9 Å². The maximum absolute atomic E-state index is 12.1. The molecule has 0 aliphatic heterocycles. The lowest BCUT2D eigenvalue weighted by atomic mass is 10.2. The van der Waals surface area contributed by atoms with Crippen molar-refractivity contribution in [1.82, 2.24) is 4.90 Å². The Kier molecular flexibility index (Phi) is 10.8. The minimum atomic E-state index is -0.818. The van der Waals surface area contributed by atoms with Gasteiger partial charge in [0.25, 0.3) is 0 Å². The summed E-state index contributed by atoms with van der Waals surface area (Å²) in [6.07, 6.45) is 5.21. The lowest BCUT2D eigenvalue weighted by Gasteiger charge is -2.09. The van der Waals surface area contributed by atoms with Crippen LogP contribution < -0.4 is 4.74 Å². The average Bonchev–Trinajstić information content (AvgIpc) is 2.72. The zero-order valence-electron chi connectivity index (χ0n) is 17.7. The zero-order valence-corrected chi connectivity index (χ0v) is 17.7. The van der Waals surface area contributed by atoms with Crippen LogP contribution in [0.5, 0.6) is 5.75 Å². The third-order valence-corrected chi connectivity index (χ3v) is 3.38. The van der Waals surface area contributed by atoms with E-state index in [0.29, 0.717) is 0 Å². The number of hydrogen-bond donors (Lipinski definition) is 0. The Bertz CT molecular complexity index is 887. The molecule has 1 aromatic carbocycles. The molecule has 0 heterocycles. The number of carbonyl (C=O) groups excluding carboxylic acids is 4. The van der Waals surface area contributed by atoms with Gasteiger partial charge in [-0.2, -0.15) is 0 Å². The number of hydrogen-bond acceptors (Lipinski definition) is 9. The Labute approximate surface area is 179 Å². The molecule has 1 amide bonds. The first-order chi connectivity index (χ1) is 14.8. The van der Waals surface area contributed by atoms with Crippen molar-refractivity contribution in [2.45, 2.75) is 13.8 Å². The Balaban J connectivity index is 2.51. The number of amides is 1. The summed E-state index contributed by atoms with van der Waals surface area (Å²) in [6, 6.07) is 6.02. The number of benzene rings is 1. The largest absolute Gasteiger partial charge is 0.426 e. The normalized spacial score (nSPS) is 11.3. The first kappa shape index (κ1) is 25.1. The zero-order chi connectivity index (χ0) is 23.2. The highest BCUT2D eigenvalue weighted by atomic mass is 16.7. The van der Waals surface area contributed by atoms with E-state index < -0.39 is 30.8 Å². The van der Waals surface area contributed by atoms with Crippen LogP contribution in [0.25, 0.3) is 0 Å². The monoisotopic (exact) mass is 432 g/mol. The number of nitrogens with zero attached hydrogens (tertiary/aromatic N) is 2. The fourth-order valence-electron chi connectivity index (χ4n) is 1.93. The number of rotatable bonds is 9. The van der Waals surface area contributed by atoms with Gasteiger partial charge in [-0.05, 0) is 31.2 Å². The molecule has 0 aliphatic rings. The molecular formula is C21H24N2O8. The number of aliphatic imine (C=N–C) groups is 1. The summed E-state index contributed by atoms with van der Waals surface area (Å²) in [5.41, 5.74) is 0.208. The molecule has 0 spiro atoms. The lowest BCUT2D eigenvalue weighted by molar-refractivity contribution is -0.147. The minimum absolute atomic E-state index is 0.0195. The number of esters is 3. The summed E-state index contributed by atoms with van der Waals surface area (Å²) in [6.45, 7) is 2.03. The topological polar surface area (TPSA) is 121 Å². The summed E-state index contributed by atoms with van der Waals surface area (Å²) >= 11 is 0. The van der Waals surface area contributed by atoms with Gasteiger partial charge in [0, 0.05) is 27.2 Å². The smallest absolute Gasteiger partial charge is 0.411 e. The van der Waals surface area contributed by atoms with Gasteiger partial charge in [-0.1, -0.05) is 18.2 Å². The molecule has 0 fully saturated rings. The molecular weight excluding hydrogens is 408 g/mol. The van der Waals surface area contributed by atoms with Crippen molar-refractivity contribution in [3.05, 3.63) is 53.6 Å². The molecule has 166 valence electrons. The van der Waals surface area contributed by atoms with Crippen LogP contribution in [0.1, 0.15) is 24.2 Å². The molecule has 10 nitrogen and oxygen atoms in total. The second kappa shape index (κ2) is 13.3. The molecule has 0 atom stereocenters. The molecule has 0 saturated heterocycles. The highest BCUT2D eigenvalue weighted by Crippen LogP contribution is 2.19. The van der Waals surface area contributed by atoms with E-state index in [1.165, 1.54) is 48.4 Å². The Morgan fingerprint density at radius 3 is 2.42 bits per heavy atom. The van der Waals surface area contributed by atoms with Gasteiger partial charge in [0.1, 0.15) is 11.3 Å². The van der Waals surface area contributed by atoms with E-state index in [1.807, 2.05) is 0 Å². The van der Waals surface area contributed by atoms with Gasteiger partial charge in [-0.25, -0.2) is 14.4 Å². The number of para-hydroxylation sites is 1. The molecule has 0 unspecified atom stereocenters. The molecule has 31 heavy (non-hydrogen) atoms. The molecule has 0 bridgehead atoms. The van der Waals surface area contributed by atoms with Crippen molar-refractivity contribution >= 4 is 30.2 Å². The van der Waals surface area contributed by atoms with Crippen molar-refractivity contribution in [3.63, 3.8) is 0 Å². The third-order valence-electron chi connectivity index (χ3n) is 3.38. The molecule has 0 saturated carbocycles. The van der Waals surface area contributed by atoms with Gasteiger partial charge in [-0.3, -0.25) is 9.79 Å². The van der Waals surface area contributed by atoms with Crippen LogP contribution in [0.2, 0.25) is 0 Å². The number of ether oxygens (including phenoxy) is 4. The Morgan fingerprint density at radius 2 is 1.77 bits per heavy atom. The van der Waals surface area contributed by atoms with Gasteiger partial charge in [0.2, 0.25) is 6.79 Å². The fraction of sp³-hybridized carbons (Fsp3) is 0.286. The summed E-state index contributed by atoms with van der Waals surface area (Å²) in [5.74, 6) is -2.09. The predicted molar refractivity (Wildman–Crippen MR) is 111 cm³/mol. The summed E-state index contributed by atoms with van der Waals surface area (Å²) in [5, 5.41) is 0. The van der Waals surface area contributed by atoms with E-state index in [-0.39, 0.29) is 23.6 Å².